The Labute approximate surface area is 161 Å². The van der Waals surface area contributed by atoms with Gasteiger partial charge in [-0.25, -0.2) is 9.18 Å². The molecule has 2 aliphatic heterocycles. The van der Waals surface area contributed by atoms with Crippen molar-refractivity contribution < 1.29 is 23.5 Å². The minimum atomic E-state index is -1.00. The topological polar surface area (TPSA) is 66.9 Å². The average Bonchev–Trinajstić information content (AvgIpc) is 3.24. The van der Waals surface area contributed by atoms with Crippen LogP contribution >= 0.6 is 11.8 Å². The number of benzene rings is 1. The molecule has 1 aromatic rings. The Morgan fingerprint density at radius 3 is 2.67 bits per heavy atom. The number of imide groups is 1. The summed E-state index contributed by atoms with van der Waals surface area (Å²) in [5.74, 6) is -1.57. The molecular weight excluding hydrogens is 371 g/mol. The van der Waals surface area contributed by atoms with Crippen LogP contribution in [0.25, 0.3) is 6.08 Å². The van der Waals surface area contributed by atoms with Crippen molar-refractivity contribution in [1.29, 1.82) is 0 Å². The van der Waals surface area contributed by atoms with E-state index in [1.165, 1.54) is 19.1 Å². The van der Waals surface area contributed by atoms with Crippen molar-refractivity contribution in [3.05, 3.63) is 34.5 Å². The standard InChI is InChI=1S/C19H21FN2O4S/c1-3-26-18(24)12(2)22-17(23)16(27-19(22)25)11-13-6-7-15(14(20)10-13)21-8-4-5-9-21/h6-7,10-12H,3-5,8-9H2,1-2H3/b16-11-/t12-/m0/s1. The largest absolute Gasteiger partial charge is 0.464 e. The van der Waals surface area contributed by atoms with Crippen molar-refractivity contribution >= 4 is 40.6 Å². The van der Waals surface area contributed by atoms with Gasteiger partial charge in [0, 0.05) is 13.1 Å². The molecule has 8 heteroatoms. The summed E-state index contributed by atoms with van der Waals surface area (Å²) in [7, 11) is 0. The zero-order chi connectivity index (χ0) is 19.6. The maximum absolute atomic E-state index is 14.4. The maximum atomic E-state index is 14.4. The first-order chi connectivity index (χ1) is 12.9. The number of halogens is 1. The molecule has 2 saturated heterocycles. The summed E-state index contributed by atoms with van der Waals surface area (Å²) < 4.78 is 19.3. The molecule has 2 heterocycles. The van der Waals surface area contributed by atoms with Crippen LogP contribution in [-0.4, -0.2) is 47.8 Å². The van der Waals surface area contributed by atoms with E-state index in [1.807, 2.05) is 4.90 Å². The molecule has 2 aliphatic rings. The first-order valence-electron chi connectivity index (χ1n) is 8.90. The van der Waals surface area contributed by atoms with Crippen LogP contribution < -0.4 is 4.90 Å². The highest BCUT2D eigenvalue weighted by Gasteiger charge is 2.41. The number of hydrogen-bond acceptors (Lipinski definition) is 6. The van der Waals surface area contributed by atoms with Crippen molar-refractivity contribution in [3.8, 4) is 0 Å². The van der Waals surface area contributed by atoms with Crippen LogP contribution in [-0.2, 0) is 14.3 Å². The summed E-state index contributed by atoms with van der Waals surface area (Å²) >= 11 is 0.734. The van der Waals surface area contributed by atoms with Crippen LogP contribution in [0.15, 0.2) is 23.1 Å². The Hall–Kier alpha value is -2.35. The van der Waals surface area contributed by atoms with Gasteiger partial charge in [-0.15, -0.1) is 0 Å². The van der Waals surface area contributed by atoms with E-state index >= 15 is 0 Å². The average molecular weight is 392 g/mol. The second-order valence-electron chi connectivity index (χ2n) is 6.38. The molecule has 0 radical (unpaired) electrons. The molecule has 0 N–H and O–H groups in total. The number of rotatable bonds is 5. The van der Waals surface area contributed by atoms with Crippen molar-refractivity contribution in [2.75, 3.05) is 24.6 Å². The molecule has 1 atom stereocenters. The summed E-state index contributed by atoms with van der Waals surface area (Å²) in [6, 6.07) is 3.77. The summed E-state index contributed by atoms with van der Waals surface area (Å²) in [4.78, 5) is 39.6. The minimum absolute atomic E-state index is 0.157. The fourth-order valence-electron chi connectivity index (χ4n) is 3.16. The smallest absolute Gasteiger partial charge is 0.329 e. The molecule has 0 spiro atoms. The molecule has 1 aromatic carbocycles. The normalized spacial score (nSPS) is 19.9. The Bertz CT molecular complexity index is 805. The van der Waals surface area contributed by atoms with Crippen LogP contribution in [0, 0.1) is 5.82 Å². The first-order valence-corrected chi connectivity index (χ1v) is 9.72. The molecule has 0 aromatic heterocycles. The SMILES string of the molecule is CCOC(=O)[C@H](C)N1C(=O)S/C(=C\c2ccc(N3CCCC3)c(F)c2)C1=O. The van der Waals surface area contributed by atoms with E-state index < -0.39 is 23.2 Å². The molecule has 0 unspecified atom stereocenters. The second-order valence-corrected chi connectivity index (χ2v) is 7.38. The highest BCUT2D eigenvalue weighted by molar-refractivity contribution is 8.18. The molecule has 2 amide bonds. The van der Waals surface area contributed by atoms with E-state index in [4.69, 9.17) is 4.74 Å². The van der Waals surface area contributed by atoms with Gasteiger partial charge in [-0.3, -0.25) is 14.5 Å². The summed E-state index contributed by atoms with van der Waals surface area (Å²) in [6.07, 6.45) is 3.57. The fraction of sp³-hybridized carbons (Fsp3) is 0.421. The molecule has 6 nitrogen and oxygen atoms in total. The van der Waals surface area contributed by atoms with Gasteiger partial charge in [-0.05, 0) is 62.2 Å². The van der Waals surface area contributed by atoms with Crippen LogP contribution in [0.5, 0.6) is 0 Å². The van der Waals surface area contributed by atoms with E-state index in [0.717, 1.165) is 42.6 Å². The second kappa shape index (κ2) is 8.12. The van der Waals surface area contributed by atoms with Crippen LogP contribution in [0.4, 0.5) is 14.9 Å². The van der Waals surface area contributed by atoms with E-state index in [2.05, 4.69) is 0 Å². The Kier molecular flexibility index (Phi) is 5.84. The number of thioether (sulfide) groups is 1. The predicted octanol–water partition coefficient (Wildman–Crippen LogP) is 3.41. The first kappa shape index (κ1) is 19.4. The van der Waals surface area contributed by atoms with E-state index in [1.54, 1.807) is 19.1 Å². The molecule has 2 fully saturated rings. The number of carbonyl (C=O) groups is 3. The number of nitrogens with zero attached hydrogens (tertiary/aromatic N) is 2. The number of ether oxygens (including phenoxy) is 1. The van der Waals surface area contributed by atoms with Gasteiger partial charge < -0.3 is 9.64 Å². The van der Waals surface area contributed by atoms with Gasteiger partial charge in [-0.2, -0.15) is 0 Å². The van der Waals surface area contributed by atoms with Crippen molar-refractivity contribution in [2.45, 2.75) is 32.7 Å². The number of hydrogen-bond donors (Lipinski definition) is 0. The lowest BCUT2D eigenvalue weighted by Gasteiger charge is -2.19. The van der Waals surface area contributed by atoms with Gasteiger partial charge in [0.2, 0.25) is 0 Å². The molecule has 0 saturated carbocycles. The van der Waals surface area contributed by atoms with Crippen molar-refractivity contribution in [2.24, 2.45) is 0 Å². The van der Waals surface area contributed by atoms with E-state index in [0.29, 0.717) is 11.3 Å². The van der Waals surface area contributed by atoms with Crippen LogP contribution in [0.2, 0.25) is 0 Å². The van der Waals surface area contributed by atoms with Gasteiger partial charge in [0.15, 0.2) is 0 Å². The lowest BCUT2D eigenvalue weighted by Crippen LogP contribution is -2.42. The van der Waals surface area contributed by atoms with Gasteiger partial charge in [0.05, 0.1) is 17.2 Å². The molecule has 144 valence electrons. The molecule has 3 rings (SSSR count). The van der Waals surface area contributed by atoms with Crippen molar-refractivity contribution in [3.63, 3.8) is 0 Å². The Morgan fingerprint density at radius 1 is 1.33 bits per heavy atom. The van der Waals surface area contributed by atoms with E-state index in [9.17, 15) is 18.8 Å². The molecule has 27 heavy (non-hydrogen) atoms. The maximum Gasteiger partial charge on any atom is 0.329 e. The van der Waals surface area contributed by atoms with E-state index in [-0.39, 0.29) is 17.3 Å². The third-order valence-electron chi connectivity index (χ3n) is 4.55. The summed E-state index contributed by atoms with van der Waals surface area (Å²) in [6.45, 7) is 4.93. The molecular formula is C19H21FN2O4S. The van der Waals surface area contributed by atoms with Crippen LogP contribution in [0.1, 0.15) is 32.3 Å². The summed E-state index contributed by atoms with van der Waals surface area (Å²) in [5.41, 5.74) is 1.04. The highest BCUT2D eigenvalue weighted by atomic mass is 32.2. The third-order valence-corrected chi connectivity index (χ3v) is 5.44. The van der Waals surface area contributed by atoms with Crippen molar-refractivity contribution in [1.82, 2.24) is 4.90 Å². The zero-order valence-electron chi connectivity index (χ0n) is 15.2. The number of carbonyl (C=O) groups excluding carboxylic acids is 3. The molecule has 0 aliphatic carbocycles. The number of amides is 2. The van der Waals surface area contributed by atoms with Gasteiger partial charge in [0.1, 0.15) is 11.9 Å². The zero-order valence-corrected chi connectivity index (χ0v) is 16.1. The lowest BCUT2D eigenvalue weighted by atomic mass is 10.1. The van der Waals surface area contributed by atoms with Gasteiger partial charge in [-0.1, -0.05) is 6.07 Å². The Morgan fingerprint density at radius 2 is 2.04 bits per heavy atom. The highest BCUT2D eigenvalue weighted by Crippen LogP contribution is 2.34. The Balaban J connectivity index is 1.79. The number of esters is 1. The molecule has 0 bridgehead atoms. The lowest BCUT2D eigenvalue weighted by molar-refractivity contribution is -0.150. The summed E-state index contributed by atoms with van der Waals surface area (Å²) in [5, 5.41) is -0.541. The quantitative estimate of drug-likeness (QED) is 0.565. The van der Waals surface area contributed by atoms with Crippen LogP contribution in [0.3, 0.4) is 0 Å². The minimum Gasteiger partial charge on any atom is -0.464 e. The van der Waals surface area contributed by atoms with Gasteiger partial charge in [0.25, 0.3) is 11.1 Å². The number of anilines is 1. The van der Waals surface area contributed by atoms with Gasteiger partial charge >= 0.3 is 5.97 Å². The fourth-order valence-corrected chi connectivity index (χ4v) is 4.07. The third kappa shape index (κ3) is 4.00. The predicted molar refractivity (Wildman–Crippen MR) is 102 cm³/mol. The monoisotopic (exact) mass is 392 g/mol.